The molecule has 1 aliphatic rings. The van der Waals surface area contributed by atoms with Gasteiger partial charge >= 0.3 is 0 Å². The Morgan fingerprint density at radius 3 is 2.85 bits per heavy atom. The van der Waals surface area contributed by atoms with Gasteiger partial charge in [-0.15, -0.1) is 0 Å². The summed E-state index contributed by atoms with van der Waals surface area (Å²) in [7, 11) is 0. The second kappa shape index (κ2) is 5.87. The Bertz CT molecular complexity index is 507. The maximum atomic E-state index is 13.5. The number of halogens is 2. The lowest BCUT2D eigenvalue weighted by Crippen LogP contribution is -2.34. The molecule has 0 radical (unpaired) electrons. The van der Waals surface area contributed by atoms with E-state index < -0.39 is 11.6 Å². The molecule has 0 spiro atoms. The van der Waals surface area contributed by atoms with Crippen molar-refractivity contribution in [2.75, 3.05) is 19.6 Å². The van der Waals surface area contributed by atoms with Crippen LogP contribution >= 0.6 is 0 Å². The van der Waals surface area contributed by atoms with Crippen molar-refractivity contribution in [1.29, 1.82) is 0 Å². The van der Waals surface area contributed by atoms with Gasteiger partial charge in [0.15, 0.2) is 11.6 Å². The van der Waals surface area contributed by atoms with Gasteiger partial charge < -0.3 is 10.6 Å². The molecule has 1 aromatic carbocycles. The lowest BCUT2D eigenvalue weighted by molar-refractivity contribution is -0.130. The number of carbonyl (C=O) groups is 1. The van der Waals surface area contributed by atoms with Crippen molar-refractivity contribution in [3.8, 4) is 0 Å². The van der Waals surface area contributed by atoms with Crippen LogP contribution in [-0.4, -0.2) is 30.4 Å². The fourth-order valence-corrected chi connectivity index (χ4v) is 2.54. The summed E-state index contributed by atoms with van der Waals surface area (Å²) in [6.07, 6.45) is 1.31. The maximum Gasteiger partial charge on any atom is 0.222 e. The smallest absolute Gasteiger partial charge is 0.222 e. The highest BCUT2D eigenvalue weighted by atomic mass is 19.2. The van der Waals surface area contributed by atoms with Crippen LogP contribution < -0.4 is 5.73 Å². The van der Waals surface area contributed by atoms with Crippen molar-refractivity contribution in [3.05, 3.63) is 35.4 Å². The van der Waals surface area contributed by atoms with Gasteiger partial charge in [-0.05, 0) is 36.4 Å². The molecule has 1 amide bonds. The van der Waals surface area contributed by atoms with Crippen molar-refractivity contribution >= 4 is 5.91 Å². The van der Waals surface area contributed by atoms with Gasteiger partial charge in [0.2, 0.25) is 5.91 Å². The van der Waals surface area contributed by atoms with Crippen molar-refractivity contribution in [1.82, 2.24) is 4.90 Å². The molecule has 0 aromatic heterocycles. The number of rotatable bonds is 4. The summed E-state index contributed by atoms with van der Waals surface area (Å²) in [5.41, 5.74) is 5.94. The fourth-order valence-electron chi connectivity index (χ4n) is 2.54. The topological polar surface area (TPSA) is 46.3 Å². The molecule has 1 atom stereocenters. The van der Waals surface area contributed by atoms with Crippen LogP contribution in [0.3, 0.4) is 0 Å². The number of aryl methyl sites for hydroxylation is 1. The molecule has 1 aromatic rings. The molecule has 5 heteroatoms. The third-order valence-corrected chi connectivity index (χ3v) is 4.04. The molecule has 0 saturated carbocycles. The summed E-state index contributed by atoms with van der Waals surface area (Å²) in [6, 6.07) is 4.05. The zero-order valence-electron chi connectivity index (χ0n) is 11.7. The monoisotopic (exact) mass is 282 g/mol. The second-order valence-electron chi connectivity index (χ2n) is 5.79. The first-order chi connectivity index (χ1) is 9.45. The summed E-state index contributed by atoms with van der Waals surface area (Å²) < 4.78 is 26.6. The lowest BCUT2D eigenvalue weighted by atomic mass is 9.90. The predicted octanol–water partition coefficient (Wildman–Crippen LogP) is 2.09. The zero-order chi connectivity index (χ0) is 14.8. The van der Waals surface area contributed by atoms with Crippen molar-refractivity contribution in [2.45, 2.75) is 26.2 Å². The Kier molecular flexibility index (Phi) is 4.38. The average Bonchev–Trinajstić information content (AvgIpc) is 2.84. The molecule has 0 aliphatic carbocycles. The predicted molar refractivity (Wildman–Crippen MR) is 73.0 cm³/mol. The SMILES string of the molecule is CC1(CN)CCN(C(=O)CCc2cccc(F)c2F)C1. The molecule has 1 unspecified atom stereocenters. The number of likely N-dealkylation sites (tertiary alicyclic amines) is 1. The first-order valence-corrected chi connectivity index (χ1v) is 6.86. The fraction of sp³-hybridized carbons (Fsp3) is 0.533. The average molecular weight is 282 g/mol. The van der Waals surface area contributed by atoms with Gasteiger partial charge in [-0.25, -0.2) is 8.78 Å². The molecule has 1 saturated heterocycles. The van der Waals surface area contributed by atoms with Gasteiger partial charge in [0, 0.05) is 19.5 Å². The van der Waals surface area contributed by atoms with E-state index in [1.165, 1.54) is 12.1 Å². The van der Waals surface area contributed by atoms with Crippen molar-refractivity contribution < 1.29 is 13.6 Å². The minimum absolute atomic E-state index is 0.0141. The van der Waals surface area contributed by atoms with Gasteiger partial charge in [0.25, 0.3) is 0 Å². The number of carbonyl (C=O) groups excluding carboxylic acids is 1. The van der Waals surface area contributed by atoms with Crippen LogP contribution in [0.15, 0.2) is 18.2 Å². The van der Waals surface area contributed by atoms with Gasteiger partial charge in [-0.2, -0.15) is 0 Å². The highest BCUT2D eigenvalue weighted by Crippen LogP contribution is 2.29. The summed E-state index contributed by atoms with van der Waals surface area (Å²) in [5.74, 6) is -1.74. The van der Waals surface area contributed by atoms with Crippen LogP contribution in [0.5, 0.6) is 0 Å². The number of nitrogens with two attached hydrogens (primary N) is 1. The van der Waals surface area contributed by atoms with E-state index in [2.05, 4.69) is 6.92 Å². The van der Waals surface area contributed by atoms with Crippen LogP contribution in [0.1, 0.15) is 25.3 Å². The first kappa shape index (κ1) is 14.9. The van der Waals surface area contributed by atoms with Crippen LogP contribution in [-0.2, 0) is 11.2 Å². The zero-order valence-corrected chi connectivity index (χ0v) is 11.7. The van der Waals surface area contributed by atoms with Crippen LogP contribution in [0.25, 0.3) is 0 Å². The van der Waals surface area contributed by atoms with Crippen molar-refractivity contribution in [3.63, 3.8) is 0 Å². The van der Waals surface area contributed by atoms with E-state index in [-0.39, 0.29) is 29.7 Å². The Hall–Kier alpha value is -1.49. The summed E-state index contributed by atoms with van der Waals surface area (Å²) in [5, 5.41) is 0. The number of benzene rings is 1. The van der Waals surface area contributed by atoms with E-state index in [0.29, 0.717) is 19.6 Å². The number of amides is 1. The van der Waals surface area contributed by atoms with Crippen LogP contribution in [0.2, 0.25) is 0 Å². The Balaban J connectivity index is 1.92. The second-order valence-corrected chi connectivity index (χ2v) is 5.79. The quantitative estimate of drug-likeness (QED) is 0.919. The van der Waals surface area contributed by atoms with Gasteiger partial charge in [0.05, 0.1) is 0 Å². The maximum absolute atomic E-state index is 13.5. The number of nitrogens with zero attached hydrogens (tertiary/aromatic N) is 1. The van der Waals surface area contributed by atoms with E-state index in [9.17, 15) is 13.6 Å². The van der Waals surface area contributed by atoms with E-state index in [1.54, 1.807) is 4.90 Å². The summed E-state index contributed by atoms with van der Waals surface area (Å²) in [4.78, 5) is 13.9. The minimum Gasteiger partial charge on any atom is -0.342 e. The minimum atomic E-state index is -0.869. The molecule has 0 bridgehead atoms. The lowest BCUT2D eigenvalue weighted by Gasteiger charge is -2.22. The first-order valence-electron chi connectivity index (χ1n) is 6.86. The normalized spacial score (nSPS) is 22.3. The molecule has 20 heavy (non-hydrogen) atoms. The molecule has 3 nitrogen and oxygen atoms in total. The number of hydrogen-bond acceptors (Lipinski definition) is 2. The molecule has 1 aliphatic heterocycles. The molecule has 1 fully saturated rings. The van der Waals surface area contributed by atoms with Gasteiger partial charge in [-0.1, -0.05) is 19.1 Å². The van der Waals surface area contributed by atoms with E-state index in [1.807, 2.05) is 0 Å². The van der Waals surface area contributed by atoms with E-state index in [0.717, 1.165) is 12.5 Å². The standard InChI is InChI=1S/C15H20F2N2O/c1-15(9-18)7-8-19(10-15)13(20)6-5-11-3-2-4-12(16)14(11)17/h2-4H,5-10,18H2,1H3. The molecular formula is C15H20F2N2O. The molecule has 2 rings (SSSR count). The Labute approximate surface area is 117 Å². The van der Waals surface area contributed by atoms with Gasteiger partial charge in [-0.3, -0.25) is 4.79 Å². The summed E-state index contributed by atoms with van der Waals surface area (Å²) in [6.45, 7) is 3.95. The summed E-state index contributed by atoms with van der Waals surface area (Å²) >= 11 is 0. The van der Waals surface area contributed by atoms with Gasteiger partial charge in [0.1, 0.15) is 0 Å². The Morgan fingerprint density at radius 2 is 2.20 bits per heavy atom. The van der Waals surface area contributed by atoms with E-state index in [4.69, 9.17) is 5.73 Å². The third-order valence-electron chi connectivity index (χ3n) is 4.04. The Morgan fingerprint density at radius 1 is 1.45 bits per heavy atom. The molecular weight excluding hydrogens is 262 g/mol. The third kappa shape index (κ3) is 3.15. The van der Waals surface area contributed by atoms with Crippen molar-refractivity contribution in [2.24, 2.45) is 11.1 Å². The van der Waals surface area contributed by atoms with Crippen LogP contribution in [0, 0.1) is 17.0 Å². The molecule has 110 valence electrons. The number of hydrogen-bond donors (Lipinski definition) is 1. The molecule has 2 N–H and O–H groups in total. The van der Waals surface area contributed by atoms with E-state index >= 15 is 0 Å². The highest BCUT2D eigenvalue weighted by molar-refractivity contribution is 5.76. The highest BCUT2D eigenvalue weighted by Gasteiger charge is 2.34. The largest absolute Gasteiger partial charge is 0.342 e. The molecule has 1 heterocycles. The van der Waals surface area contributed by atoms with Crippen LogP contribution in [0.4, 0.5) is 8.78 Å².